The van der Waals surface area contributed by atoms with E-state index in [1.165, 1.54) is 21.2 Å². The van der Waals surface area contributed by atoms with Gasteiger partial charge in [0.15, 0.2) is 5.89 Å². The largest absolute Gasteiger partial charge is 0.449 e. The van der Waals surface area contributed by atoms with E-state index >= 15 is 0 Å². The molecule has 0 saturated heterocycles. The fraction of sp³-hybridized carbons (Fsp3) is 0.208. The van der Waals surface area contributed by atoms with Gasteiger partial charge in [-0.25, -0.2) is 4.98 Å². The number of anilines is 1. The summed E-state index contributed by atoms with van der Waals surface area (Å²) in [5, 5.41) is 8.03. The second kappa shape index (κ2) is 8.03. The van der Waals surface area contributed by atoms with Crippen LogP contribution in [0.5, 0.6) is 0 Å². The average Bonchev–Trinajstić information content (AvgIpc) is 3.41. The van der Waals surface area contributed by atoms with Crippen molar-refractivity contribution in [2.24, 2.45) is 0 Å². The summed E-state index contributed by atoms with van der Waals surface area (Å²) in [6.45, 7) is 2.30. The average molecular weight is 389 g/mol. The predicted octanol–water partition coefficient (Wildman–Crippen LogP) is 6.53. The van der Waals surface area contributed by atoms with Crippen LogP contribution in [0.25, 0.3) is 16.8 Å². The van der Waals surface area contributed by atoms with E-state index in [-0.39, 0.29) is 5.41 Å². The second-order valence-corrected chi connectivity index (χ2v) is 8.22. The molecule has 142 valence electrons. The fourth-order valence-electron chi connectivity index (χ4n) is 3.89. The number of fused-ring (bicyclic) bond motifs is 1. The zero-order valence-electron chi connectivity index (χ0n) is 16.2. The van der Waals surface area contributed by atoms with Crippen LogP contribution in [0, 0.1) is 0 Å². The molecule has 1 N–H and O–H groups in total. The highest BCUT2D eigenvalue weighted by Gasteiger charge is 2.32. The summed E-state index contributed by atoms with van der Waals surface area (Å²) >= 11 is 1.75. The molecule has 2 aromatic carbocycles. The second-order valence-electron chi connectivity index (χ2n) is 7.24. The lowest BCUT2D eigenvalue weighted by molar-refractivity contribution is 0.400. The lowest BCUT2D eigenvalue weighted by atomic mass is 9.73. The zero-order valence-corrected chi connectivity index (χ0v) is 17.0. The van der Waals surface area contributed by atoms with Crippen LogP contribution >= 0.6 is 11.3 Å². The van der Waals surface area contributed by atoms with Gasteiger partial charge in [0.05, 0.1) is 6.20 Å². The minimum atomic E-state index is -0.169. The van der Waals surface area contributed by atoms with Gasteiger partial charge in [0.2, 0.25) is 0 Å². The minimum Gasteiger partial charge on any atom is -0.449 e. The van der Waals surface area contributed by atoms with Crippen molar-refractivity contribution in [3.8, 4) is 0 Å². The highest BCUT2D eigenvalue weighted by atomic mass is 32.1. The van der Waals surface area contributed by atoms with E-state index in [1.807, 2.05) is 7.05 Å². The number of thiophene rings is 1. The van der Waals surface area contributed by atoms with Crippen molar-refractivity contribution < 1.29 is 4.42 Å². The molecule has 0 spiro atoms. The van der Waals surface area contributed by atoms with Gasteiger partial charge in [0.1, 0.15) is 6.26 Å². The normalized spacial score (nSPS) is 13.8. The van der Waals surface area contributed by atoms with Crippen molar-refractivity contribution in [3.05, 3.63) is 88.8 Å². The van der Waals surface area contributed by atoms with Gasteiger partial charge in [-0.2, -0.15) is 0 Å². The molecule has 0 fully saturated rings. The summed E-state index contributed by atoms with van der Waals surface area (Å²) in [5.41, 5.74) is 2.29. The van der Waals surface area contributed by atoms with E-state index < -0.39 is 0 Å². The van der Waals surface area contributed by atoms with Crippen LogP contribution < -0.4 is 5.32 Å². The van der Waals surface area contributed by atoms with Gasteiger partial charge in [0, 0.05) is 29.4 Å². The highest BCUT2D eigenvalue weighted by Crippen LogP contribution is 2.41. The topological polar surface area (TPSA) is 38.1 Å². The van der Waals surface area contributed by atoms with Gasteiger partial charge >= 0.3 is 0 Å². The molecule has 4 aromatic rings. The fourth-order valence-corrected chi connectivity index (χ4v) is 4.53. The highest BCUT2D eigenvalue weighted by molar-refractivity contribution is 7.10. The number of nitrogens with one attached hydrogen (secondary N) is 1. The molecule has 3 nitrogen and oxygen atoms in total. The first-order chi connectivity index (χ1) is 13.7. The van der Waals surface area contributed by atoms with Crippen LogP contribution in [0.3, 0.4) is 0 Å². The van der Waals surface area contributed by atoms with Gasteiger partial charge in [-0.05, 0) is 46.3 Å². The SMILES string of the molecule is CNc1ccc2ccccc2c1C(C)(C/C=C/c1cccs1)Cc1ncco1. The van der Waals surface area contributed by atoms with E-state index in [0.717, 1.165) is 24.4 Å². The van der Waals surface area contributed by atoms with Gasteiger partial charge in [-0.15, -0.1) is 11.3 Å². The molecule has 0 aliphatic heterocycles. The number of oxazole rings is 1. The molecular weight excluding hydrogens is 364 g/mol. The van der Waals surface area contributed by atoms with E-state index in [0.29, 0.717) is 0 Å². The smallest absolute Gasteiger partial charge is 0.194 e. The maximum absolute atomic E-state index is 5.63. The van der Waals surface area contributed by atoms with Gasteiger partial charge < -0.3 is 9.73 Å². The summed E-state index contributed by atoms with van der Waals surface area (Å²) in [7, 11) is 1.99. The molecule has 0 amide bonds. The molecule has 0 aliphatic carbocycles. The first kappa shape index (κ1) is 18.5. The first-order valence-electron chi connectivity index (χ1n) is 9.48. The van der Waals surface area contributed by atoms with Gasteiger partial charge in [-0.1, -0.05) is 49.4 Å². The minimum absolute atomic E-state index is 0.169. The third-order valence-electron chi connectivity index (χ3n) is 5.22. The van der Waals surface area contributed by atoms with Crippen LogP contribution in [0.1, 0.15) is 29.7 Å². The van der Waals surface area contributed by atoms with Gasteiger partial charge in [0.25, 0.3) is 0 Å². The molecule has 4 rings (SSSR count). The van der Waals surface area contributed by atoms with Crippen LogP contribution in [0.4, 0.5) is 5.69 Å². The predicted molar refractivity (Wildman–Crippen MR) is 119 cm³/mol. The Morgan fingerprint density at radius 3 is 2.79 bits per heavy atom. The lowest BCUT2D eigenvalue weighted by Crippen LogP contribution is -2.26. The number of hydrogen-bond acceptors (Lipinski definition) is 4. The molecule has 0 bridgehead atoms. The molecule has 1 atom stereocenters. The van der Waals surface area contributed by atoms with Crippen molar-refractivity contribution >= 4 is 33.9 Å². The Morgan fingerprint density at radius 2 is 2.04 bits per heavy atom. The quantitative estimate of drug-likeness (QED) is 0.391. The number of benzene rings is 2. The maximum Gasteiger partial charge on any atom is 0.194 e. The van der Waals surface area contributed by atoms with Crippen molar-refractivity contribution in [3.63, 3.8) is 0 Å². The number of nitrogens with zero attached hydrogens (tertiary/aromatic N) is 1. The molecule has 2 aromatic heterocycles. The molecule has 28 heavy (non-hydrogen) atoms. The monoisotopic (exact) mass is 388 g/mol. The van der Waals surface area contributed by atoms with E-state index in [4.69, 9.17) is 4.42 Å². The van der Waals surface area contributed by atoms with Crippen molar-refractivity contribution in [2.45, 2.75) is 25.2 Å². The molecular formula is C24H24N2OS. The lowest BCUT2D eigenvalue weighted by Gasteiger charge is -2.31. The maximum atomic E-state index is 5.63. The Morgan fingerprint density at radius 1 is 1.14 bits per heavy atom. The van der Waals surface area contributed by atoms with E-state index in [1.54, 1.807) is 23.8 Å². The summed E-state index contributed by atoms with van der Waals surface area (Å²) in [6.07, 6.45) is 9.48. The van der Waals surface area contributed by atoms with Crippen LogP contribution in [0.2, 0.25) is 0 Å². The number of allylic oxidation sites excluding steroid dienone is 1. The standard InChI is InChI=1S/C24H24N2OS/c1-24(17-22-26-14-15-27-22,13-5-8-19-9-6-16-28-19)23-20-10-4-3-7-18(20)11-12-21(23)25-2/h3-12,14-16,25H,13,17H2,1-2H3/b8-5+. The summed E-state index contributed by atoms with van der Waals surface area (Å²) in [6, 6.07) is 17.2. The van der Waals surface area contributed by atoms with Crippen LogP contribution in [-0.2, 0) is 11.8 Å². The zero-order chi connectivity index (χ0) is 19.4. The van der Waals surface area contributed by atoms with E-state index in [9.17, 15) is 0 Å². The molecule has 0 radical (unpaired) electrons. The third-order valence-corrected chi connectivity index (χ3v) is 6.06. The Balaban J connectivity index is 1.81. The summed E-state index contributed by atoms with van der Waals surface area (Å²) in [5.74, 6) is 0.766. The molecule has 2 heterocycles. The Hall–Kier alpha value is -2.85. The van der Waals surface area contributed by atoms with Crippen molar-refractivity contribution in [1.82, 2.24) is 4.98 Å². The Bertz CT molecular complexity index is 1070. The number of hydrogen-bond donors (Lipinski definition) is 1. The molecule has 0 aliphatic rings. The summed E-state index contributed by atoms with van der Waals surface area (Å²) < 4.78 is 5.63. The third kappa shape index (κ3) is 3.73. The first-order valence-corrected chi connectivity index (χ1v) is 10.4. The number of rotatable bonds is 7. The van der Waals surface area contributed by atoms with Crippen LogP contribution in [-0.4, -0.2) is 12.0 Å². The Labute approximate surface area is 169 Å². The number of aromatic nitrogens is 1. The summed E-state index contributed by atoms with van der Waals surface area (Å²) in [4.78, 5) is 5.68. The van der Waals surface area contributed by atoms with Crippen molar-refractivity contribution in [1.29, 1.82) is 0 Å². The Kier molecular flexibility index (Phi) is 5.31. The van der Waals surface area contributed by atoms with Crippen molar-refractivity contribution in [2.75, 3.05) is 12.4 Å². The van der Waals surface area contributed by atoms with E-state index in [2.05, 4.69) is 83.3 Å². The molecule has 1 unspecified atom stereocenters. The van der Waals surface area contributed by atoms with Gasteiger partial charge in [-0.3, -0.25) is 0 Å². The molecule has 4 heteroatoms. The molecule has 0 saturated carbocycles. The van der Waals surface area contributed by atoms with Crippen LogP contribution in [0.15, 0.2) is 76.9 Å².